The van der Waals surface area contributed by atoms with Crippen molar-refractivity contribution in [2.75, 3.05) is 18.1 Å². The highest BCUT2D eigenvalue weighted by Gasteiger charge is 2.35. The molecule has 4 nitrogen and oxygen atoms in total. The van der Waals surface area contributed by atoms with Crippen molar-refractivity contribution in [3.8, 4) is 0 Å². The maximum absolute atomic E-state index is 11.6. The summed E-state index contributed by atoms with van der Waals surface area (Å²) in [6.45, 7) is 2.19. The van der Waals surface area contributed by atoms with Gasteiger partial charge in [0, 0.05) is 18.2 Å². The van der Waals surface area contributed by atoms with Gasteiger partial charge in [0.25, 0.3) is 5.91 Å². The quantitative estimate of drug-likeness (QED) is 0.716. The van der Waals surface area contributed by atoms with Crippen LogP contribution in [0.3, 0.4) is 0 Å². The number of nitrogen functional groups attached to an aromatic ring is 1. The van der Waals surface area contributed by atoms with Crippen molar-refractivity contribution in [2.45, 2.75) is 38.1 Å². The Hall–Kier alpha value is -1.71. The Labute approximate surface area is 108 Å². The van der Waals surface area contributed by atoms with E-state index in [9.17, 15) is 4.79 Å². The van der Waals surface area contributed by atoms with Gasteiger partial charge in [0.1, 0.15) is 0 Å². The van der Waals surface area contributed by atoms with E-state index in [-0.39, 0.29) is 11.4 Å². The van der Waals surface area contributed by atoms with Crippen LogP contribution >= 0.6 is 0 Å². The Morgan fingerprint density at radius 2 is 2.17 bits per heavy atom. The SMILES string of the molecule is CCC1(Nc2cc(C(=O)NC)ccc2N)CCC1. The summed E-state index contributed by atoms with van der Waals surface area (Å²) in [5.41, 5.74) is 8.36. The highest BCUT2D eigenvalue weighted by molar-refractivity contribution is 5.96. The van der Waals surface area contributed by atoms with Crippen LogP contribution in [0.5, 0.6) is 0 Å². The first-order valence-electron chi connectivity index (χ1n) is 6.50. The number of carbonyl (C=O) groups excluding carboxylic acids is 1. The second kappa shape index (κ2) is 4.88. The highest BCUT2D eigenvalue weighted by atomic mass is 16.1. The number of benzene rings is 1. The number of amides is 1. The minimum atomic E-state index is -0.0859. The summed E-state index contributed by atoms with van der Waals surface area (Å²) in [5.74, 6) is -0.0859. The maximum atomic E-state index is 11.6. The lowest BCUT2D eigenvalue weighted by molar-refractivity contribution is 0.0963. The van der Waals surface area contributed by atoms with E-state index in [4.69, 9.17) is 5.73 Å². The molecule has 98 valence electrons. The smallest absolute Gasteiger partial charge is 0.251 e. The predicted molar refractivity (Wildman–Crippen MR) is 74.7 cm³/mol. The lowest BCUT2D eigenvalue weighted by Crippen LogP contribution is -2.44. The van der Waals surface area contributed by atoms with Crippen LogP contribution in [0, 0.1) is 0 Å². The summed E-state index contributed by atoms with van der Waals surface area (Å²) in [6.07, 6.45) is 4.69. The fourth-order valence-electron chi connectivity index (χ4n) is 2.41. The molecule has 1 fully saturated rings. The first-order valence-corrected chi connectivity index (χ1v) is 6.50. The van der Waals surface area contributed by atoms with Crippen LogP contribution < -0.4 is 16.4 Å². The number of nitrogens with two attached hydrogens (primary N) is 1. The standard InChI is InChI=1S/C14H21N3O/c1-3-14(7-4-8-14)17-12-9-10(13(18)16-2)5-6-11(12)15/h5-6,9,17H,3-4,7-8,15H2,1-2H3,(H,16,18). The molecule has 18 heavy (non-hydrogen) atoms. The first-order chi connectivity index (χ1) is 8.60. The molecule has 1 amide bonds. The van der Waals surface area contributed by atoms with Crippen molar-refractivity contribution in [2.24, 2.45) is 0 Å². The highest BCUT2D eigenvalue weighted by Crippen LogP contribution is 2.39. The van der Waals surface area contributed by atoms with E-state index in [0.29, 0.717) is 11.3 Å². The second-order valence-corrected chi connectivity index (χ2v) is 4.99. The molecule has 1 aliphatic rings. The molecule has 0 aromatic heterocycles. The summed E-state index contributed by atoms with van der Waals surface area (Å²) >= 11 is 0. The predicted octanol–water partition coefficient (Wildman–Crippen LogP) is 2.37. The zero-order valence-electron chi connectivity index (χ0n) is 11.0. The van der Waals surface area contributed by atoms with Gasteiger partial charge in [-0.05, 0) is 43.9 Å². The molecule has 4 heteroatoms. The molecule has 0 bridgehead atoms. The van der Waals surface area contributed by atoms with E-state index in [1.54, 1.807) is 19.2 Å². The normalized spacial score (nSPS) is 16.8. The third kappa shape index (κ3) is 2.28. The molecule has 0 aliphatic heterocycles. The molecule has 1 aromatic carbocycles. The third-order valence-corrected chi connectivity index (χ3v) is 3.93. The van der Waals surface area contributed by atoms with E-state index in [1.807, 2.05) is 6.07 Å². The maximum Gasteiger partial charge on any atom is 0.251 e. The van der Waals surface area contributed by atoms with E-state index in [1.165, 1.54) is 19.3 Å². The third-order valence-electron chi connectivity index (χ3n) is 3.93. The molecule has 0 radical (unpaired) electrons. The lowest BCUT2D eigenvalue weighted by Gasteiger charge is -2.43. The Kier molecular flexibility index (Phi) is 3.45. The number of rotatable bonds is 4. The molecular weight excluding hydrogens is 226 g/mol. The van der Waals surface area contributed by atoms with Gasteiger partial charge in [-0.3, -0.25) is 4.79 Å². The van der Waals surface area contributed by atoms with Gasteiger partial charge in [-0.2, -0.15) is 0 Å². The molecule has 1 aliphatic carbocycles. The summed E-state index contributed by atoms with van der Waals surface area (Å²) < 4.78 is 0. The molecule has 0 unspecified atom stereocenters. The van der Waals surface area contributed by atoms with Crippen LogP contribution in [0.25, 0.3) is 0 Å². The van der Waals surface area contributed by atoms with Gasteiger partial charge in [0.2, 0.25) is 0 Å². The van der Waals surface area contributed by atoms with Gasteiger partial charge in [-0.15, -0.1) is 0 Å². The number of carbonyl (C=O) groups is 1. The van der Waals surface area contributed by atoms with E-state index in [0.717, 1.165) is 12.1 Å². The van der Waals surface area contributed by atoms with Crippen LogP contribution in [-0.4, -0.2) is 18.5 Å². The Balaban J connectivity index is 2.23. The van der Waals surface area contributed by atoms with Crippen molar-refractivity contribution in [1.82, 2.24) is 5.32 Å². The number of nitrogens with one attached hydrogen (secondary N) is 2. The number of anilines is 2. The zero-order chi connectivity index (χ0) is 13.2. The van der Waals surface area contributed by atoms with Crippen LogP contribution in [0.4, 0.5) is 11.4 Å². The van der Waals surface area contributed by atoms with Gasteiger partial charge in [0.15, 0.2) is 0 Å². The van der Waals surface area contributed by atoms with Gasteiger partial charge in [-0.1, -0.05) is 6.92 Å². The van der Waals surface area contributed by atoms with Crippen molar-refractivity contribution in [1.29, 1.82) is 0 Å². The van der Waals surface area contributed by atoms with Crippen LogP contribution in [0.15, 0.2) is 18.2 Å². The average Bonchev–Trinajstić information content (AvgIpc) is 2.35. The molecule has 0 saturated heterocycles. The number of hydrogen-bond donors (Lipinski definition) is 3. The Bertz CT molecular complexity index is 447. The fraction of sp³-hybridized carbons (Fsp3) is 0.500. The van der Waals surface area contributed by atoms with Crippen molar-refractivity contribution in [3.05, 3.63) is 23.8 Å². The second-order valence-electron chi connectivity index (χ2n) is 4.99. The van der Waals surface area contributed by atoms with Gasteiger partial charge < -0.3 is 16.4 Å². The van der Waals surface area contributed by atoms with Crippen LogP contribution in [0.1, 0.15) is 43.0 Å². The minimum absolute atomic E-state index is 0.0859. The molecule has 4 N–H and O–H groups in total. The molecule has 2 rings (SSSR count). The molecule has 0 spiro atoms. The topological polar surface area (TPSA) is 67.2 Å². The summed E-state index contributed by atoms with van der Waals surface area (Å²) in [7, 11) is 1.63. The molecule has 0 heterocycles. The summed E-state index contributed by atoms with van der Waals surface area (Å²) in [6, 6.07) is 5.37. The van der Waals surface area contributed by atoms with Gasteiger partial charge in [0.05, 0.1) is 11.4 Å². The van der Waals surface area contributed by atoms with Crippen LogP contribution in [0.2, 0.25) is 0 Å². The monoisotopic (exact) mass is 247 g/mol. The van der Waals surface area contributed by atoms with E-state index < -0.39 is 0 Å². The van der Waals surface area contributed by atoms with Gasteiger partial charge >= 0.3 is 0 Å². The minimum Gasteiger partial charge on any atom is -0.397 e. The van der Waals surface area contributed by atoms with Crippen molar-refractivity contribution >= 4 is 17.3 Å². The zero-order valence-corrected chi connectivity index (χ0v) is 11.0. The summed E-state index contributed by atoms with van der Waals surface area (Å²) in [4.78, 5) is 11.6. The van der Waals surface area contributed by atoms with E-state index in [2.05, 4.69) is 17.6 Å². The largest absolute Gasteiger partial charge is 0.397 e. The lowest BCUT2D eigenvalue weighted by atomic mass is 9.74. The molecule has 1 aromatic rings. The summed E-state index contributed by atoms with van der Waals surface area (Å²) in [5, 5.41) is 6.15. The molecule has 0 atom stereocenters. The van der Waals surface area contributed by atoms with E-state index >= 15 is 0 Å². The van der Waals surface area contributed by atoms with Crippen LogP contribution in [-0.2, 0) is 0 Å². The van der Waals surface area contributed by atoms with Crippen molar-refractivity contribution < 1.29 is 4.79 Å². The fourth-order valence-corrected chi connectivity index (χ4v) is 2.41. The molecule has 1 saturated carbocycles. The van der Waals surface area contributed by atoms with Crippen molar-refractivity contribution in [3.63, 3.8) is 0 Å². The van der Waals surface area contributed by atoms with Gasteiger partial charge in [-0.25, -0.2) is 0 Å². The first kappa shape index (κ1) is 12.7. The number of hydrogen-bond acceptors (Lipinski definition) is 3. The Morgan fingerprint density at radius 3 is 2.67 bits per heavy atom. The average molecular weight is 247 g/mol. The molecular formula is C14H21N3O. The Morgan fingerprint density at radius 1 is 1.44 bits per heavy atom.